The van der Waals surface area contributed by atoms with Crippen molar-refractivity contribution in [2.45, 2.75) is 45.6 Å². The number of halogens is 1. The highest BCUT2D eigenvalue weighted by atomic mass is 19.1. The Balaban J connectivity index is 2.37. The van der Waals surface area contributed by atoms with Gasteiger partial charge < -0.3 is 15.2 Å². The van der Waals surface area contributed by atoms with Crippen molar-refractivity contribution in [3.8, 4) is 5.75 Å². The van der Waals surface area contributed by atoms with Crippen LogP contribution in [-0.4, -0.2) is 29.8 Å². The molecule has 118 valence electrons. The zero-order valence-electron chi connectivity index (χ0n) is 12.9. The third-order valence-electron chi connectivity index (χ3n) is 3.52. The Bertz CT molecular complexity index is 479. The topological polar surface area (TPSA) is 58.6 Å². The molecule has 0 saturated carbocycles. The lowest BCUT2D eigenvalue weighted by molar-refractivity contribution is -0.144. The number of carboxylic acid groups (broad SMARTS) is 1. The molecule has 0 radical (unpaired) electrons. The van der Waals surface area contributed by atoms with E-state index in [9.17, 15) is 14.3 Å². The maximum Gasteiger partial charge on any atom is 0.323 e. The van der Waals surface area contributed by atoms with E-state index in [1.165, 1.54) is 12.1 Å². The molecule has 0 fully saturated rings. The van der Waals surface area contributed by atoms with Crippen molar-refractivity contribution in [2.75, 3.05) is 13.2 Å². The highest BCUT2D eigenvalue weighted by Gasteiger charge is 2.30. The van der Waals surface area contributed by atoms with Gasteiger partial charge in [-0.15, -0.1) is 0 Å². The SMILES string of the molecule is CCNC(C)(CCCCOc1cc(F)ccc1C)C(=O)O. The van der Waals surface area contributed by atoms with Crippen molar-refractivity contribution in [3.05, 3.63) is 29.6 Å². The zero-order chi connectivity index (χ0) is 15.9. The average Bonchev–Trinajstić information content (AvgIpc) is 2.42. The van der Waals surface area contributed by atoms with Gasteiger partial charge in [0, 0.05) is 6.07 Å². The molecule has 0 spiro atoms. The monoisotopic (exact) mass is 297 g/mol. The Morgan fingerprint density at radius 3 is 2.76 bits per heavy atom. The Labute approximate surface area is 125 Å². The third-order valence-corrected chi connectivity index (χ3v) is 3.52. The van der Waals surface area contributed by atoms with Crippen LogP contribution in [0.5, 0.6) is 5.75 Å². The van der Waals surface area contributed by atoms with E-state index in [0.29, 0.717) is 25.3 Å². The maximum atomic E-state index is 13.1. The minimum absolute atomic E-state index is 0.318. The number of unbranched alkanes of at least 4 members (excludes halogenated alkanes) is 1. The summed E-state index contributed by atoms with van der Waals surface area (Å²) < 4.78 is 18.6. The molecule has 0 aliphatic rings. The number of nitrogens with one attached hydrogen (secondary N) is 1. The lowest BCUT2D eigenvalue weighted by Crippen LogP contribution is -2.49. The van der Waals surface area contributed by atoms with Crippen LogP contribution < -0.4 is 10.1 Å². The molecule has 1 rings (SSSR count). The lowest BCUT2D eigenvalue weighted by atomic mass is 9.95. The molecule has 0 aliphatic heterocycles. The van der Waals surface area contributed by atoms with Gasteiger partial charge in [0.15, 0.2) is 0 Å². The van der Waals surface area contributed by atoms with Crippen LogP contribution in [0.1, 0.15) is 38.7 Å². The molecule has 1 atom stereocenters. The highest BCUT2D eigenvalue weighted by Crippen LogP contribution is 2.20. The van der Waals surface area contributed by atoms with Gasteiger partial charge in [-0.1, -0.05) is 13.0 Å². The standard InChI is InChI=1S/C16H24FNO3/c1-4-18-16(3,15(19)20)9-5-6-10-21-14-11-13(17)8-7-12(14)2/h7-8,11,18H,4-6,9-10H2,1-3H3,(H,19,20). The van der Waals surface area contributed by atoms with Crippen LogP contribution in [0, 0.1) is 12.7 Å². The fraction of sp³-hybridized carbons (Fsp3) is 0.562. The van der Waals surface area contributed by atoms with E-state index in [1.54, 1.807) is 13.0 Å². The number of carbonyl (C=O) groups is 1. The summed E-state index contributed by atoms with van der Waals surface area (Å²) in [6, 6.07) is 4.45. The first kappa shape index (κ1) is 17.4. The second-order valence-corrected chi connectivity index (χ2v) is 5.38. The van der Waals surface area contributed by atoms with Gasteiger partial charge in [-0.3, -0.25) is 4.79 Å². The third kappa shape index (κ3) is 5.34. The number of carboxylic acids is 1. The van der Waals surface area contributed by atoms with E-state index in [4.69, 9.17) is 4.74 Å². The number of aliphatic carboxylic acids is 1. The molecule has 1 unspecified atom stereocenters. The predicted molar refractivity (Wildman–Crippen MR) is 80.2 cm³/mol. The van der Waals surface area contributed by atoms with Crippen LogP contribution in [0.15, 0.2) is 18.2 Å². The van der Waals surface area contributed by atoms with Crippen molar-refractivity contribution < 1.29 is 19.0 Å². The zero-order valence-corrected chi connectivity index (χ0v) is 12.9. The normalized spacial score (nSPS) is 13.7. The molecule has 5 heteroatoms. The van der Waals surface area contributed by atoms with Crippen molar-refractivity contribution in [3.63, 3.8) is 0 Å². The molecule has 1 aromatic carbocycles. The van der Waals surface area contributed by atoms with E-state index in [-0.39, 0.29) is 5.82 Å². The molecule has 2 N–H and O–H groups in total. The van der Waals surface area contributed by atoms with Gasteiger partial charge in [-0.05, 0) is 51.3 Å². The molecule has 0 heterocycles. The van der Waals surface area contributed by atoms with Crippen LogP contribution in [0.25, 0.3) is 0 Å². The molecular weight excluding hydrogens is 273 g/mol. The second-order valence-electron chi connectivity index (χ2n) is 5.38. The Morgan fingerprint density at radius 2 is 2.14 bits per heavy atom. The van der Waals surface area contributed by atoms with Gasteiger partial charge in [0.1, 0.15) is 17.1 Å². The summed E-state index contributed by atoms with van der Waals surface area (Å²) in [5, 5.41) is 12.2. The summed E-state index contributed by atoms with van der Waals surface area (Å²) in [7, 11) is 0. The molecule has 0 aliphatic carbocycles. The predicted octanol–water partition coefficient (Wildman–Crippen LogP) is 3.14. The van der Waals surface area contributed by atoms with Crippen LogP contribution >= 0.6 is 0 Å². The van der Waals surface area contributed by atoms with Gasteiger partial charge in [-0.25, -0.2) is 4.39 Å². The number of ether oxygens (including phenoxy) is 1. The molecule has 1 aromatic rings. The van der Waals surface area contributed by atoms with Gasteiger partial charge in [0.25, 0.3) is 0 Å². The molecule has 0 saturated heterocycles. The second kappa shape index (κ2) is 7.98. The fourth-order valence-corrected chi connectivity index (χ4v) is 2.15. The largest absolute Gasteiger partial charge is 0.493 e. The van der Waals surface area contributed by atoms with Crippen molar-refractivity contribution in [1.29, 1.82) is 0 Å². The molecule has 4 nitrogen and oxygen atoms in total. The first-order chi connectivity index (χ1) is 9.89. The quantitative estimate of drug-likeness (QED) is 0.688. The maximum absolute atomic E-state index is 13.1. The van der Waals surface area contributed by atoms with E-state index in [0.717, 1.165) is 18.4 Å². The number of aryl methyl sites for hydroxylation is 1. The smallest absolute Gasteiger partial charge is 0.323 e. The van der Waals surface area contributed by atoms with Crippen molar-refractivity contribution in [1.82, 2.24) is 5.32 Å². The minimum atomic E-state index is -0.899. The number of rotatable bonds is 9. The first-order valence-corrected chi connectivity index (χ1v) is 7.26. The Hall–Kier alpha value is -1.62. The van der Waals surface area contributed by atoms with Gasteiger partial charge in [-0.2, -0.15) is 0 Å². The summed E-state index contributed by atoms with van der Waals surface area (Å²) in [5.74, 6) is -0.616. The van der Waals surface area contributed by atoms with E-state index in [2.05, 4.69) is 5.32 Å². The number of hydrogen-bond acceptors (Lipinski definition) is 3. The van der Waals surface area contributed by atoms with Gasteiger partial charge >= 0.3 is 5.97 Å². The van der Waals surface area contributed by atoms with Crippen LogP contribution in [0.3, 0.4) is 0 Å². The summed E-state index contributed by atoms with van der Waals surface area (Å²) in [6.07, 6.45) is 1.98. The van der Waals surface area contributed by atoms with Crippen molar-refractivity contribution in [2.24, 2.45) is 0 Å². The highest BCUT2D eigenvalue weighted by molar-refractivity contribution is 5.78. The molecular formula is C16H24FNO3. The number of hydrogen-bond donors (Lipinski definition) is 2. The summed E-state index contributed by atoms with van der Waals surface area (Å²) in [6.45, 7) is 6.50. The molecule has 0 aromatic heterocycles. The fourth-order valence-electron chi connectivity index (χ4n) is 2.15. The summed E-state index contributed by atoms with van der Waals surface area (Å²) in [4.78, 5) is 11.2. The Kier molecular flexibility index (Phi) is 6.62. The number of likely N-dealkylation sites (N-methyl/N-ethyl adjacent to an activating group) is 1. The van der Waals surface area contributed by atoms with Crippen LogP contribution in [0.2, 0.25) is 0 Å². The van der Waals surface area contributed by atoms with E-state index >= 15 is 0 Å². The lowest BCUT2D eigenvalue weighted by Gasteiger charge is -2.25. The van der Waals surface area contributed by atoms with Gasteiger partial charge in [0.05, 0.1) is 6.61 Å². The van der Waals surface area contributed by atoms with Gasteiger partial charge in [0.2, 0.25) is 0 Å². The van der Waals surface area contributed by atoms with Crippen LogP contribution in [0.4, 0.5) is 4.39 Å². The molecule has 0 amide bonds. The van der Waals surface area contributed by atoms with Crippen LogP contribution in [-0.2, 0) is 4.79 Å². The minimum Gasteiger partial charge on any atom is -0.493 e. The summed E-state index contributed by atoms with van der Waals surface area (Å²) in [5.41, 5.74) is -0.0109. The van der Waals surface area contributed by atoms with E-state index < -0.39 is 11.5 Å². The van der Waals surface area contributed by atoms with Crippen molar-refractivity contribution >= 4 is 5.97 Å². The number of benzene rings is 1. The first-order valence-electron chi connectivity index (χ1n) is 7.26. The average molecular weight is 297 g/mol. The summed E-state index contributed by atoms with van der Waals surface area (Å²) >= 11 is 0. The van der Waals surface area contributed by atoms with E-state index in [1.807, 2.05) is 13.8 Å². The molecule has 21 heavy (non-hydrogen) atoms. The Morgan fingerprint density at radius 1 is 1.43 bits per heavy atom. The molecule has 0 bridgehead atoms.